The Balaban J connectivity index is 1.65. The first-order valence-electron chi connectivity index (χ1n) is 7.72. The molecule has 1 aliphatic carbocycles. The summed E-state index contributed by atoms with van der Waals surface area (Å²) in [6.07, 6.45) is 7.61. The van der Waals surface area contributed by atoms with Crippen LogP contribution in [-0.2, 0) is 9.59 Å². The van der Waals surface area contributed by atoms with Gasteiger partial charge in [-0.1, -0.05) is 12.2 Å². The van der Waals surface area contributed by atoms with E-state index in [0.717, 1.165) is 58.4 Å². The maximum atomic E-state index is 12.6. The Hall–Kier alpha value is -1.36. The first kappa shape index (κ1) is 13.6. The number of rotatable bonds is 2. The normalized spacial score (nSPS) is 27.3. The largest absolute Gasteiger partial charge is 0.338 e. The lowest BCUT2D eigenvalue weighted by molar-refractivity contribution is -0.146. The molecule has 20 heavy (non-hydrogen) atoms. The lowest BCUT2D eigenvalue weighted by Gasteiger charge is -2.33. The van der Waals surface area contributed by atoms with Crippen LogP contribution in [0, 0.1) is 5.92 Å². The molecule has 5 nitrogen and oxygen atoms in total. The van der Waals surface area contributed by atoms with E-state index in [0.29, 0.717) is 0 Å². The highest BCUT2D eigenvalue weighted by Crippen LogP contribution is 2.26. The third-order valence-electron chi connectivity index (χ3n) is 4.61. The molecule has 0 aromatic rings. The van der Waals surface area contributed by atoms with Gasteiger partial charge in [-0.15, -0.1) is 0 Å². The molecule has 0 aromatic heterocycles. The van der Waals surface area contributed by atoms with E-state index in [-0.39, 0.29) is 23.8 Å². The molecule has 2 heterocycles. The number of allylic oxidation sites excluding steroid dienone is 2. The van der Waals surface area contributed by atoms with Gasteiger partial charge in [-0.3, -0.25) is 9.59 Å². The molecule has 0 spiro atoms. The van der Waals surface area contributed by atoms with Crippen LogP contribution in [0.3, 0.4) is 0 Å². The van der Waals surface area contributed by atoms with Gasteiger partial charge in [0.25, 0.3) is 0 Å². The van der Waals surface area contributed by atoms with Crippen molar-refractivity contribution in [2.24, 2.45) is 5.92 Å². The molecule has 2 saturated heterocycles. The van der Waals surface area contributed by atoms with Crippen LogP contribution in [0.5, 0.6) is 0 Å². The van der Waals surface area contributed by atoms with Crippen LogP contribution >= 0.6 is 0 Å². The topological polar surface area (TPSA) is 52.7 Å². The third-order valence-corrected chi connectivity index (χ3v) is 4.61. The predicted molar refractivity (Wildman–Crippen MR) is 76.0 cm³/mol. The average Bonchev–Trinajstić information content (AvgIpc) is 3.18. The quantitative estimate of drug-likeness (QED) is 0.742. The van der Waals surface area contributed by atoms with Crippen molar-refractivity contribution in [1.82, 2.24) is 15.1 Å². The second-order valence-corrected chi connectivity index (χ2v) is 5.90. The smallest absolute Gasteiger partial charge is 0.245 e. The molecule has 1 atom stereocenters. The average molecular weight is 277 g/mol. The van der Waals surface area contributed by atoms with Crippen LogP contribution in [0.1, 0.15) is 25.7 Å². The number of piperazine rings is 1. The maximum absolute atomic E-state index is 12.6. The summed E-state index contributed by atoms with van der Waals surface area (Å²) in [6, 6.07) is -0.207. The van der Waals surface area contributed by atoms with Gasteiger partial charge in [0.15, 0.2) is 0 Å². The zero-order valence-electron chi connectivity index (χ0n) is 11.9. The molecule has 2 amide bonds. The standard InChI is InChI=1S/C15H23N3O2/c19-14(12-4-1-2-5-12)18-9-3-6-13(18)15(20)17-10-7-16-8-11-17/h1-2,12-13,16H,3-11H2. The van der Waals surface area contributed by atoms with E-state index in [9.17, 15) is 9.59 Å². The number of hydrogen-bond acceptors (Lipinski definition) is 3. The second-order valence-electron chi connectivity index (χ2n) is 5.90. The van der Waals surface area contributed by atoms with E-state index in [1.165, 1.54) is 0 Å². The summed E-state index contributed by atoms with van der Waals surface area (Å²) >= 11 is 0. The molecule has 2 fully saturated rings. The minimum Gasteiger partial charge on any atom is -0.338 e. The molecule has 0 bridgehead atoms. The summed E-state index contributed by atoms with van der Waals surface area (Å²) in [4.78, 5) is 28.9. The molecular formula is C15H23N3O2. The summed E-state index contributed by atoms with van der Waals surface area (Å²) in [5.74, 6) is 0.413. The number of carbonyl (C=O) groups excluding carboxylic acids is 2. The monoisotopic (exact) mass is 277 g/mol. The fourth-order valence-corrected chi connectivity index (χ4v) is 3.44. The molecule has 3 rings (SSSR count). The summed E-state index contributed by atoms with van der Waals surface area (Å²) in [5, 5.41) is 3.26. The molecule has 0 aromatic carbocycles. The van der Waals surface area contributed by atoms with Gasteiger partial charge < -0.3 is 15.1 Å². The Morgan fingerprint density at radius 3 is 2.40 bits per heavy atom. The molecule has 3 aliphatic rings. The van der Waals surface area contributed by atoms with Crippen LogP contribution in [0.15, 0.2) is 12.2 Å². The summed E-state index contributed by atoms with van der Waals surface area (Å²) in [5.41, 5.74) is 0. The number of carbonyl (C=O) groups is 2. The van der Waals surface area contributed by atoms with Crippen molar-refractivity contribution in [2.75, 3.05) is 32.7 Å². The Morgan fingerprint density at radius 1 is 1.00 bits per heavy atom. The van der Waals surface area contributed by atoms with Crippen molar-refractivity contribution >= 4 is 11.8 Å². The van der Waals surface area contributed by atoms with Crippen molar-refractivity contribution < 1.29 is 9.59 Å². The fourth-order valence-electron chi connectivity index (χ4n) is 3.44. The van der Waals surface area contributed by atoms with Gasteiger partial charge in [0.05, 0.1) is 0 Å². The number of amides is 2. The van der Waals surface area contributed by atoms with Crippen molar-refractivity contribution in [3.8, 4) is 0 Å². The third kappa shape index (κ3) is 2.59. The van der Waals surface area contributed by atoms with E-state index in [1.54, 1.807) is 0 Å². The Morgan fingerprint density at radius 2 is 1.70 bits per heavy atom. The molecule has 5 heteroatoms. The van der Waals surface area contributed by atoms with Gasteiger partial charge in [-0.05, 0) is 25.7 Å². The number of nitrogens with one attached hydrogen (secondary N) is 1. The van der Waals surface area contributed by atoms with Crippen molar-refractivity contribution in [3.05, 3.63) is 12.2 Å². The molecule has 0 saturated carbocycles. The Labute approximate surface area is 120 Å². The second kappa shape index (κ2) is 5.95. The van der Waals surface area contributed by atoms with E-state index >= 15 is 0 Å². The molecule has 110 valence electrons. The summed E-state index contributed by atoms with van der Waals surface area (Å²) in [6.45, 7) is 4.00. The van der Waals surface area contributed by atoms with Crippen LogP contribution < -0.4 is 5.32 Å². The van der Waals surface area contributed by atoms with Crippen LogP contribution in [-0.4, -0.2) is 60.4 Å². The van der Waals surface area contributed by atoms with E-state index < -0.39 is 0 Å². The number of hydrogen-bond donors (Lipinski definition) is 1. The van der Waals surface area contributed by atoms with Crippen molar-refractivity contribution in [2.45, 2.75) is 31.7 Å². The Kier molecular flexibility index (Phi) is 4.05. The number of likely N-dealkylation sites (tertiary alicyclic amines) is 1. The highest BCUT2D eigenvalue weighted by molar-refractivity contribution is 5.89. The van der Waals surface area contributed by atoms with Crippen LogP contribution in [0.25, 0.3) is 0 Å². The summed E-state index contributed by atoms with van der Waals surface area (Å²) in [7, 11) is 0. The van der Waals surface area contributed by atoms with E-state index in [1.807, 2.05) is 9.80 Å². The fraction of sp³-hybridized carbons (Fsp3) is 0.733. The number of nitrogens with zero attached hydrogens (tertiary/aromatic N) is 2. The first-order valence-corrected chi connectivity index (χ1v) is 7.72. The van der Waals surface area contributed by atoms with Gasteiger partial charge in [-0.2, -0.15) is 0 Å². The van der Waals surface area contributed by atoms with Crippen LogP contribution in [0.4, 0.5) is 0 Å². The minimum atomic E-state index is -0.207. The minimum absolute atomic E-state index is 0.0754. The zero-order valence-corrected chi connectivity index (χ0v) is 11.9. The zero-order chi connectivity index (χ0) is 13.9. The van der Waals surface area contributed by atoms with E-state index in [2.05, 4.69) is 17.5 Å². The maximum Gasteiger partial charge on any atom is 0.245 e. The van der Waals surface area contributed by atoms with Gasteiger partial charge >= 0.3 is 0 Å². The predicted octanol–water partition coefficient (Wildman–Crippen LogP) is 0.375. The molecule has 0 radical (unpaired) electrons. The van der Waals surface area contributed by atoms with Gasteiger partial charge in [-0.25, -0.2) is 0 Å². The molecule has 2 aliphatic heterocycles. The van der Waals surface area contributed by atoms with Crippen molar-refractivity contribution in [3.63, 3.8) is 0 Å². The molecular weight excluding hydrogens is 254 g/mol. The molecule has 1 unspecified atom stereocenters. The lowest BCUT2D eigenvalue weighted by Crippen LogP contribution is -2.54. The van der Waals surface area contributed by atoms with Gasteiger partial charge in [0, 0.05) is 38.6 Å². The van der Waals surface area contributed by atoms with Gasteiger partial charge in [0.1, 0.15) is 6.04 Å². The first-order chi connectivity index (χ1) is 9.77. The lowest BCUT2D eigenvalue weighted by atomic mass is 10.0. The Bertz CT molecular complexity index is 407. The summed E-state index contributed by atoms with van der Waals surface area (Å²) < 4.78 is 0. The van der Waals surface area contributed by atoms with E-state index in [4.69, 9.17) is 0 Å². The SMILES string of the molecule is O=C(C1CCCN1C(=O)C1CC=CC1)N1CCNCC1. The van der Waals surface area contributed by atoms with Crippen molar-refractivity contribution in [1.29, 1.82) is 0 Å². The van der Waals surface area contributed by atoms with Gasteiger partial charge in [0.2, 0.25) is 11.8 Å². The van der Waals surface area contributed by atoms with Crippen LogP contribution in [0.2, 0.25) is 0 Å². The highest BCUT2D eigenvalue weighted by atomic mass is 16.2. The highest BCUT2D eigenvalue weighted by Gasteiger charge is 2.38. The molecule has 1 N–H and O–H groups in total.